The molecule has 134 valence electrons. The third-order valence-corrected chi connectivity index (χ3v) is 6.27. The Morgan fingerprint density at radius 3 is 1.92 bits per heavy atom. The molecule has 0 aliphatic heterocycles. The molecule has 2 rings (SSSR count). The first-order valence-corrected chi connectivity index (χ1v) is 9.03. The molecule has 0 saturated carbocycles. The summed E-state index contributed by atoms with van der Waals surface area (Å²) in [6, 6.07) is 3.18. The minimum Gasteiger partial charge on any atom is -0.506 e. The zero-order valence-corrected chi connectivity index (χ0v) is 15.5. The first-order chi connectivity index (χ1) is 11.5. The number of benzene rings is 2. The van der Waals surface area contributed by atoms with Crippen LogP contribution >= 0.6 is 0 Å². The Kier molecular flexibility index (Phi) is 4.76. The molecule has 0 aromatic heterocycles. The molecule has 2 aromatic carbocycles. The fourth-order valence-corrected chi connectivity index (χ4v) is 4.45. The highest BCUT2D eigenvalue weighted by molar-refractivity contribution is 7.92. The molecule has 0 heterocycles. The number of aromatic hydroxyl groups is 1. The number of hydrogen-bond acceptors (Lipinski definition) is 5. The summed E-state index contributed by atoms with van der Waals surface area (Å²) in [5, 5.41) is 20.8. The van der Waals surface area contributed by atoms with Gasteiger partial charge in [0.05, 0.1) is 15.5 Å². The lowest BCUT2D eigenvalue weighted by Crippen LogP contribution is -2.18. The molecule has 0 aliphatic carbocycles. The fraction of sp³-hybridized carbons (Fsp3) is 0.294. The standard InChI is InChI=1S/C17H20N2O5S/c1-9-10(2)12(4)17(13(5)11(9)3)25(23,24)18-15-8-14(19(21)22)6-7-16(15)20/h6-8,18,20H,1-5H3. The van der Waals surface area contributed by atoms with Gasteiger partial charge in [0, 0.05) is 12.1 Å². The number of rotatable bonds is 4. The summed E-state index contributed by atoms with van der Waals surface area (Å²) in [7, 11) is -4.03. The van der Waals surface area contributed by atoms with Crippen LogP contribution in [0.1, 0.15) is 27.8 Å². The molecule has 0 spiro atoms. The van der Waals surface area contributed by atoms with Crippen molar-refractivity contribution in [1.29, 1.82) is 0 Å². The molecule has 0 unspecified atom stereocenters. The summed E-state index contributed by atoms with van der Waals surface area (Å²) in [5.74, 6) is -0.384. The molecule has 25 heavy (non-hydrogen) atoms. The van der Waals surface area contributed by atoms with Crippen LogP contribution in [0.15, 0.2) is 23.1 Å². The predicted octanol–water partition coefficient (Wildman–Crippen LogP) is 3.64. The van der Waals surface area contributed by atoms with Crippen LogP contribution in [0.25, 0.3) is 0 Å². The van der Waals surface area contributed by atoms with Crippen molar-refractivity contribution in [2.45, 2.75) is 39.5 Å². The minimum absolute atomic E-state index is 0.124. The average molecular weight is 364 g/mol. The topological polar surface area (TPSA) is 110 Å². The monoisotopic (exact) mass is 364 g/mol. The van der Waals surface area contributed by atoms with E-state index < -0.39 is 14.9 Å². The maximum absolute atomic E-state index is 12.9. The molecule has 0 amide bonds. The molecular formula is C17H20N2O5S. The lowest BCUT2D eigenvalue weighted by atomic mass is 9.95. The van der Waals surface area contributed by atoms with Crippen molar-refractivity contribution in [3.05, 3.63) is 56.1 Å². The number of nitro benzene ring substituents is 1. The van der Waals surface area contributed by atoms with Crippen molar-refractivity contribution in [2.75, 3.05) is 4.72 Å². The average Bonchev–Trinajstić information content (AvgIpc) is 2.52. The van der Waals surface area contributed by atoms with Gasteiger partial charge < -0.3 is 5.11 Å². The largest absolute Gasteiger partial charge is 0.506 e. The van der Waals surface area contributed by atoms with Crippen molar-refractivity contribution in [3.8, 4) is 5.75 Å². The van der Waals surface area contributed by atoms with E-state index in [1.165, 1.54) is 0 Å². The number of sulfonamides is 1. The van der Waals surface area contributed by atoms with E-state index in [0.29, 0.717) is 11.1 Å². The highest BCUT2D eigenvalue weighted by atomic mass is 32.2. The molecule has 0 fully saturated rings. The maximum atomic E-state index is 12.9. The second-order valence-electron chi connectivity index (χ2n) is 6.02. The Morgan fingerprint density at radius 1 is 0.960 bits per heavy atom. The Morgan fingerprint density at radius 2 is 1.44 bits per heavy atom. The van der Waals surface area contributed by atoms with E-state index in [0.717, 1.165) is 34.9 Å². The zero-order chi connectivity index (χ0) is 19.1. The van der Waals surface area contributed by atoms with Crippen molar-refractivity contribution < 1.29 is 18.4 Å². The first-order valence-electron chi connectivity index (χ1n) is 7.54. The van der Waals surface area contributed by atoms with Crippen LogP contribution in [0.4, 0.5) is 11.4 Å². The maximum Gasteiger partial charge on any atom is 0.271 e. The van der Waals surface area contributed by atoms with Crippen LogP contribution in [0.5, 0.6) is 5.75 Å². The van der Waals surface area contributed by atoms with Gasteiger partial charge in [-0.1, -0.05) is 0 Å². The van der Waals surface area contributed by atoms with E-state index in [2.05, 4.69) is 4.72 Å². The molecule has 7 nitrogen and oxygen atoms in total. The van der Waals surface area contributed by atoms with Gasteiger partial charge >= 0.3 is 0 Å². The molecule has 2 N–H and O–H groups in total. The van der Waals surface area contributed by atoms with E-state index in [-0.39, 0.29) is 22.0 Å². The second-order valence-corrected chi connectivity index (χ2v) is 7.64. The number of non-ortho nitro benzene ring substituents is 1. The third kappa shape index (κ3) is 3.30. The van der Waals surface area contributed by atoms with Crippen LogP contribution in [0.3, 0.4) is 0 Å². The number of anilines is 1. The highest BCUT2D eigenvalue weighted by Crippen LogP contribution is 2.34. The number of nitro groups is 1. The predicted molar refractivity (Wildman–Crippen MR) is 95.7 cm³/mol. The van der Waals surface area contributed by atoms with E-state index >= 15 is 0 Å². The number of nitrogens with one attached hydrogen (secondary N) is 1. The second kappa shape index (κ2) is 6.36. The minimum atomic E-state index is -4.03. The van der Waals surface area contributed by atoms with Gasteiger partial charge in [-0.25, -0.2) is 8.42 Å². The molecular weight excluding hydrogens is 344 g/mol. The summed E-state index contributed by atoms with van der Waals surface area (Å²) in [4.78, 5) is 10.3. The Hall–Kier alpha value is -2.61. The van der Waals surface area contributed by atoms with Gasteiger partial charge in [0.15, 0.2) is 0 Å². The Labute approximate surface area is 146 Å². The molecule has 2 aromatic rings. The quantitative estimate of drug-likeness (QED) is 0.489. The fourth-order valence-electron chi connectivity index (χ4n) is 2.78. The normalized spacial score (nSPS) is 11.4. The van der Waals surface area contributed by atoms with Gasteiger partial charge in [0.25, 0.3) is 15.7 Å². The van der Waals surface area contributed by atoms with Crippen LogP contribution in [0.2, 0.25) is 0 Å². The van der Waals surface area contributed by atoms with Crippen LogP contribution in [-0.2, 0) is 10.0 Å². The van der Waals surface area contributed by atoms with Crippen molar-refractivity contribution in [3.63, 3.8) is 0 Å². The van der Waals surface area contributed by atoms with Crippen molar-refractivity contribution in [1.82, 2.24) is 0 Å². The van der Waals surface area contributed by atoms with Gasteiger partial charge in [0.1, 0.15) is 5.75 Å². The summed E-state index contributed by atoms with van der Waals surface area (Å²) < 4.78 is 28.1. The summed E-state index contributed by atoms with van der Waals surface area (Å²) in [6.07, 6.45) is 0. The molecule has 0 atom stereocenters. The Balaban J connectivity index is 2.63. The summed E-state index contributed by atoms with van der Waals surface area (Å²) in [5.41, 5.74) is 3.42. The van der Waals surface area contributed by atoms with E-state index in [9.17, 15) is 23.6 Å². The van der Waals surface area contributed by atoms with Gasteiger partial charge in [-0.15, -0.1) is 0 Å². The van der Waals surface area contributed by atoms with Crippen LogP contribution in [-0.4, -0.2) is 18.4 Å². The van der Waals surface area contributed by atoms with Crippen molar-refractivity contribution >= 4 is 21.4 Å². The first kappa shape index (κ1) is 18.7. The molecule has 0 radical (unpaired) electrons. The Bertz CT molecular complexity index is 952. The lowest BCUT2D eigenvalue weighted by Gasteiger charge is -2.19. The number of nitrogens with zero attached hydrogens (tertiary/aromatic N) is 1. The number of hydrogen-bond donors (Lipinski definition) is 2. The number of phenols is 1. The molecule has 0 saturated heterocycles. The lowest BCUT2D eigenvalue weighted by molar-refractivity contribution is -0.384. The van der Waals surface area contributed by atoms with Crippen LogP contribution in [0, 0.1) is 44.7 Å². The summed E-state index contributed by atoms with van der Waals surface area (Å²) in [6.45, 7) is 9.07. The molecule has 0 aliphatic rings. The zero-order valence-electron chi connectivity index (χ0n) is 14.7. The van der Waals surface area contributed by atoms with Gasteiger partial charge in [-0.05, 0) is 68.5 Å². The molecule has 0 bridgehead atoms. The molecule has 8 heteroatoms. The van der Waals surface area contributed by atoms with Gasteiger partial charge in [-0.3, -0.25) is 14.8 Å². The highest BCUT2D eigenvalue weighted by Gasteiger charge is 2.25. The van der Waals surface area contributed by atoms with E-state index in [1.807, 2.05) is 20.8 Å². The van der Waals surface area contributed by atoms with Gasteiger partial charge in [0.2, 0.25) is 0 Å². The van der Waals surface area contributed by atoms with Crippen LogP contribution < -0.4 is 4.72 Å². The van der Waals surface area contributed by atoms with Crippen molar-refractivity contribution in [2.24, 2.45) is 0 Å². The third-order valence-electron chi connectivity index (χ3n) is 4.64. The number of phenolic OH excluding ortho intramolecular Hbond substituents is 1. The SMILES string of the molecule is Cc1c(C)c(C)c(S(=O)(=O)Nc2cc([N+](=O)[O-])ccc2O)c(C)c1C. The van der Waals surface area contributed by atoms with E-state index in [1.54, 1.807) is 13.8 Å². The van der Waals surface area contributed by atoms with Gasteiger partial charge in [-0.2, -0.15) is 0 Å². The van der Waals surface area contributed by atoms with E-state index in [4.69, 9.17) is 0 Å². The summed E-state index contributed by atoms with van der Waals surface area (Å²) >= 11 is 0. The smallest absolute Gasteiger partial charge is 0.271 e.